The number of amides is 1. The van der Waals surface area contributed by atoms with Gasteiger partial charge >= 0.3 is 0 Å². The van der Waals surface area contributed by atoms with Gasteiger partial charge in [-0.2, -0.15) is 0 Å². The zero-order valence-corrected chi connectivity index (χ0v) is 13.7. The summed E-state index contributed by atoms with van der Waals surface area (Å²) in [6, 6.07) is 14.4. The highest BCUT2D eigenvalue weighted by atomic mass is 32.2. The van der Waals surface area contributed by atoms with Crippen LogP contribution in [0.1, 0.15) is 29.5 Å². The van der Waals surface area contributed by atoms with Gasteiger partial charge in [-0.25, -0.2) is 0 Å². The normalized spacial score (nSPS) is 13.5. The van der Waals surface area contributed by atoms with Crippen molar-refractivity contribution in [2.24, 2.45) is 0 Å². The molecule has 2 aromatic carbocycles. The van der Waals surface area contributed by atoms with Crippen molar-refractivity contribution in [3.05, 3.63) is 59.2 Å². The highest BCUT2D eigenvalue weighted by Crippen LogP contribution is 2.28. The van der Waals surface area contributed by atoms with Crippen molar-refractivity contribution in [1.82, 2.24) is 0 Å². The van der Waals surface area contributed by atoms with Crippen LogP contribution in [0, 0.1) is 6.92 Å². The first kappa shape index (κ1) is 15.2. The van der Waals surface area contributed by atoms with Crippen LogP contribution in [-0.2, 0) is 17.6 Å². The second kappa shape index (κ2) is 7.01. The van der Waals surface area contributed by atoms with E-state index in [0.29, 0.717) is 5.75 Å². The van der Waals surface area contributed by atoms with Crippen LogP contribution in [0.3, 0.4) is 0 Å². The third kappa shape index (κ3) is 3.53. The second-order valence-electron chi connectivity index (χ2n) is 5.75. The fraction of sp³-hybridized carbons (Fsp3) is 0.316. The fourth-order valence-corrected chi connectivity index (χ4v) is 3.78. The molecule has 22 heavy (non-hydrogen) atoms. The second-order valence-corrected chi connectivity index (χ2v) is 6.77. The first-order chi connectivity index (χ1) is 10.7. The summed E-state index contributed by atoms with van der Waals surface area (Å²) in [6.45, 7) is 2.08. The number of aryl methyl sites for hydroxylation is 2. The summed E-state index contributed by atoms with van der Waals surface area (Å²) < 4.78 is 0. The van der Waals surface area contributed by atoms with E-state index >= 15 is 0 Å². The summed E-state index contributed by atoms with van der Waals surface area (Å²) in [4.78, 5) is 13.4. The van der Waals surface area contributed by atoms with Gasteiger partial charge in [-0.15, -0.1) is 11.8 Å². The van der Waals surface area contributed by atoms with Crippen molar-refractivity contribution in [1.29, 1.82) is 0 Å². The zero-order chi connectivity index (χ0) is 15.4. The molecule has 3 heteroatoms. The van der Waals surface area contributed by atoms with Crippen molar-refractivity contribution in [2.75, 3.05) is 11.1 Å². The molecule has 0 heterocycles. The summed E-state index contributed by atoms with van der Waals surface area (Å²) in [5.41, 5.74) is 4.96. The molecule has 0 atom stereocenters. The highest BCUT2D eigenvalue weighted by Gasteiger charge is 2.14. The number of carbonyl (C=O) groups is 1. The minimum absolute atomic E-state index is 0.0761. The molecule has 0 aliphatic heterocycles. The third-order valence-electron chi connectivity index (χ3n) is 4.12. The van der Waals surface area contributed by atoms with Crippen LogP contribution in [0.15, 0.2) is 47.4 Å². The van der Waals surface area contributed by atoms with E-state index in [9.17, 15) is 4.79 Å². The molecule has 0 spiro atoms. The zero-order valence-electron chi connectivity index (χ0n) is 12.9. The van der Waals surface area contributed by atoms with Crippen LogP contribution >= 0.6 is 11.8 Å². The smallest absolute Gasteiger partial charge is 0.234 e. The maximum Gasteiger partial charge on any atom is 0.234 e. The first-order valence-electron chi connectivity index (χ1n) is 7.83. The molecule has 3 rings (SSSR count). The molecule has 114 valence electrons. The van der Waals surface area contributed by atoms with Crippen molar-refractivity contribution in [2.45, 2.75) is 37.5 Å². The standard InChI is InChI=1S/C19H21NOS/c1-14-7-2-5-12-18(14)22-13-19(21)20-17-11-6-9-15-8-3-4-10-16(15)17/h2,5-7,9,11-12H,3-4,8,10,13H2,1H3,(H,20,21). The Morgan fingerprint density at radius 2 is 1.91 bits per heavy atom. The maximum atomic E-state index is 12.3. The maximum absolute atomic E-state index is 12.3. The number of benzene rings is 2. The Morgan fingerprint density at radius 1 is 1.09 bits per heavy atom. The SMILES string of the molecule is Cc1ccccc1SCC(=O)Nc1cccc2c1CCCC2. The van der Waals surface area contributed by atoms with Crippen molar-refractivity contribution < 1.29 is 4.79 Å². The summed E-state index contributed by atoms with van der Waals surface area (Å²) in [5, 5.41) is 3.10. The van der Waals surface area contributed by atoms with Crippen LogP contribution in [0.4, 0.5) is 5.69 Å². The first-order valence-corrected chi connectivity index (χ1v) is 8.81. The molecule has 1 aliphatic carbocycles. The molecule has 0 saturated heterocycles. The molecule has 1 aliphatic rings. The van der Waals surface area contributed by atoms with E-state index in [1.54, 1.807) is 11.8 Å². The highest BCUT2D eigenvalue weighted by molar-refractivity contribution is 8.00. The lowest BCUT2D eigenvalue weighted by Crippen LogP contribution is -2.17. The molecule has 0 fully saturated rings. The molecule has 1 amide bonds. The Bertz CT molecular complexity index is 681. The Hall–Kier alpha value is -1.74. The Kier molecular flexibility index (Phi) is 4.84. The van der Waals surface area contributed by atoms with E-state index in [2.05, 4.69) is 30.4 Å². The molecular formula is C19H21NOS. The van der Waals surface area contributed by atoms with Gasteiger partial charge in [-0.1, -0.05) is 30.3 Å². The lowest BCUT2D eigenvalue weighted by molar-refractivity contribution is -0.113. The topological polar surface area (TPSA) is 29.1 Å². The number of rotatable bonds is 4. The molecule has 1 N–H and O–H groups in total. The number of fused-ring (bicyclic) bond motifs is 1. The van der Waals surface area contributed by atoms with Gasteiger partial charge in [0.15, 0.2) is 0 Å². The van der Waals surface area contributed by atoms with Crippen molar-refractivity contribution in [3.63, 3.8) is 0 Å². The number of thioether (sulfide) groups is 1. The van der Waals surface area contributed by atoms with E-state index in [0.717, 1.165) is 18.5 Å². The number of hydrogen-bond acceptors (Lipinski definition) is 2. The predicted octanol–water partition coefficient (Wildman–Crippen LogP) is 4.60. The van der Waals surface area contributed by atoms with Gasteiger partial charge in [0, 0.05) is 10.6 Å². The molecule has 0 bridgehead atoms. The summed E-state index contributed by atoms with van der Waals surface area (Å²) in [7, 11) is 0. The average molecular weight is 311 g/mol. The quantitative estimate of drug-likeness (QED) is 0.836. The Morgan fingerprint density at radius 3 is 2.77 bits per heavy atom. The van der Waals surface area contributed by atoms with Gasteiger partial charge in [-0.3, -0.25) is 4.79 Å². The molecular weight excluding hydrogens is 290 g/mol. The number of hydrogen-bond donors (Lipinski definition) is 1. The van der Waals surface area contributed by atoms with E-state index in [4.69, 9.17) is 0 Å². The summed E-state index contributed by atoms with van der Waals surface area (Å²) in [6.07, 6.45) is 4.69. The number of nitrogens with one attached hydrogen (secondary N) is 1. The van der Waals surface area contributed by atoms with Gasteiger partial charge in [0.1, 0.15) is 0 Å². The minimum Gasteiger partial charge on any atom is -0.325 e. The Labute approximate surface area is 136 Å². The predicted molar refractivity (Wildman–Crippen MR) is 93.6 cm³/mol. The number of carbonyl (C=O) groups excluding carboxylic acids is 1. The van der Waals surface area contributed by atoms with Gasteiger partial charge in [-0.05, 0) is 61.4 Å². The van der Waals surface area contributed by atoms with E-state index in [-0.39, 0.29) is 5.91 Å². The minimum atomic E-state index is 0.0761. The summed E-state index contributed by atoms with van der Waals surface area (Å²) >= 11 is 1.60. The van der Waals surface area contributed by atoms with Gasteiger partial charge in [0.05, 0.1) is 5.75 Å². The van der Waals surface area contributed by atoms with Gasteiger partial charge in [0.25, 0.3) is 0 Å². The molecule has 2 aromatic rings. The van der Waals surface area contributed by atoms with Crippen molar-refractivity contribution in [3.8, 4) is 0 Å². The van der Waals surface area contributed by atoms with Crippen molar-refractivity contribution >= 4 is 23.4 Å². The van der Waals surface area contributed by atoms with Gasteiger partial charge in [0.2, 0.25) is 5.91 Å². The Balaban J connectivity index is 1.64. The number of anilines is 1. The van der Waals surface area contributed by atoms with Crippen LogP contribution < -0.4 is 5.32 Å². The molecule has 0 aromatic heterocycles. The molecule has 0 saturated carbocycles. The largest absolute Gasteiger partial charge is 0.325 e. The third-order valence-corrected chi connectivity index (χ3v) is 5.30. The van der Waals surface area contributed by atoms with Crippen LogP contribution in [0.5, 0.6) is 0 Å². The van der Waals surface area contributed by atoms with E-state index in [1.165, 1.54) is 34.4 Å². The van der Waals surface area contributed by atoms with E-state index in [1.807, 2.05) is 24.3 Å². The molecule has 2 nitrogen and oxygen atoms in total. The molecule has 0 radical (unpaired) electrons. The van der Waals surface area contributed by atoms with Gasteiger partial charge < -0.3 is 5.32 Å². The van der Waals surface area contributed by atoms with Crippen LogP contribution in [0.25, 0.3) is 0 Å². The van der Waals surface area contributed by atoms with E-state index < -0.39 is 0 Å². The van der Waals surface area contributed by atoms with Crippen LogP contribution in [0.2, 0.25) is 0 Å². The molecule has 0 unspecified atom stereocenters. The summed E-state index contributed by atoms with van der Waals surface area (Å²) in [5.74, 6) is 0.529. The lowest BCUT2D eigenvalue weighted by Gasteiger charge is -2.19. The fourth-order valence-electron chi connectivity index (χ4n) is 2.95. The monoisotopic (exact) mass is 311 g/mol. The van der Waals surface area contributed by atoms with Crippen LogP contribution in [-0.4, -0.2) is 11.7 Å². The average Bonchev–Trinajstić information content (AvgIpc) is 2.54. The lowest BCUT2D eigenvalue weighted by atomic mass is 9.90.